The fourth-order valence-electron chi connectivity index (χ4n) is 2.64. The molecule has 1 heterocycles. The summed E-state index contributed by atoms with van der Waals surface area (Å²) in [5.41, 5.74) is 2.52. The lowest BCUT2D eigenvalue weighted by atomic mass is 10.1. The molecule has 0 atom stereocenters. The van der Waals surface area contributed by atoms with E-state index in [1.54, 1.807) is 18.2 Å². The molecule has 6 heteroatoms. The van der Waals surface area contributed by atoms with Crippen LogP contribution < -0.4 is 10.2 Å². The summed E-state index contributed by atoms with van der Waals surface area (Å²) in [5.74, 6) is -0.149. The molecule has 0 aromatic heterocycles. The van der Waals surface area contributed by atoms with Crippen LogP contribution >= 0.6 is 23.2 Å². The van der Waals surface area contributed by atoms with E-state index in [4.69, 9.17) is 27.9 Å². The van der Waals surface area contributed by atoms with Crippen LogP contribution in [0.4, 0.5) is 11.4 Å². The standard InChI is InChI=1S/C18H18Cl2N2O2/c19-16-2-1-3-17(20)15(16)12-18(23)21-13-4-6-14(7-5-13)22-8-10-24-11-9-22/h1-7H,8-12H2,(H,21,23). The average molecular weight is 365 g/mol. The zero-order valence-corrected chi connectivity index (χ0v) is 14.6. The second-order valence-electron chi connectivity index (χ2n) is 5.57. The Morgan fingerprint density at radius 1 is 1.04 bits per heavy atom. The Balaban J connectivity index is 1.62. The highest BCUT2D eigenvalue weighted by Crippen LogP contribution is 2.25. The van der Waals surface area contributed by atoms with Crippen LogP contribution in [-0.2, 0) is 16.0 Å². The Morgan fingerprint density at radius 3 is 2.29 bits per heavy atom. The molecule has 0 aliphatic carbocycles. The van der Waals surface area contributed by atoms with Crippen molar-refractivity contribution < 1.29 is 9.53 Å². The highest BCUT2D eigenvalue weighted by atomic mass is 35.5. The quantitative estimate of drug-likeness (QED) is 0.890. The van der Waals surface area contributed by atoms with E-state index in [1.165, 1.54) is 0 Å². The molecule has 1 aliphatic heterocycles. The summed E-state index contributed by atoms with van der Waals surface area (Å²) in [4.78, 5) is 14.5. The van der Waals surface area contributed by atoms with E-state index in [-0.39, 0.29) is 12.3 Å². The molecule has 1 amide bonds. The minimum Gasteiger partial charge on any atom is -0.378 e. The number of benzene rings is 2. The summed E-state index contributed by atoms with van der Waals surface area (Å²) >= 11 is 12.2. The fraction of sp³-hybridized carbons (Fsp3) is 0.278. The number of nitrogens with one attached hydrogen (secondary N) is 1. The Hall–Kier alpha value is -1.75. The molecule has 0 bridgehead atoms. The number of morpholine rings is 1. The highest BCUT2D eigenvalue weighted by molar-refractivity contribution is 6.36. The first-order valence-corrected chi connectivity index (χ1v) is 8.54. The first kappa shape index (κ1) is 17.1. The average Bonchev–Trinajstić information content (AvgIpc) is 2.60. The Morgan fingerprint density at radius 2 is 1.67 bits per heavy atom. The van der Waals surface area contributed by atoms with Gasteiger partial charge in [-0.25, -0.2) is 0 Å². The molecule has 24 heavy (non-hydrogen) atoms. The molecule has 1 saturated heterocycles. The van der Waals surface area contributed by atoms with E-state index in [0.29, 0.717) is 15.6 Å². The number of hydrogen-bond donors (Lipinski definition) is 1. The van der Waals surface area contributed by atoms with E-state index in [1.807, 2.05) is 24.3 Å². The maximum Gasteiger partial charge on any atom is 0.228 e. The maximum atomic E-state index is 12.2. The van der Waals surface area contributed by atoms with Crippen LogP contribution in [0.1, 0.15) is 5.56 Å². The third-order valence-corrected chi connectivity index (χ3v) is 4.63. The summed E-state index contributed by atoms with van der Waals surface area (Å²) in [7, 11) is 0. The van der Waals surface area contributed by atoms with Crippen LogP contribution in [0.5, 0.6) is 0 Å². The number of ether oxygens (including phenoxy) is 1. The number of amides is 1. The van der Waals surface area contributed by atoms with Crippen LogP contribution in [0.3, 0.4) is 0 Å². The third-order valence-electron chi connectivity index (χ3n) is 3.93. The van der Waals surface area contributed by atoms with E-state index < -0.39 is 0 Å². The van der Waals surface area contributed by atoms with E-state index >= 15 is 0 Å². The molecule has 2 aromatic rings. The molecule has 0 radical (unpaired) electrons. The molecule has 0 unspecified atom stereocenters. The molecule has 126 valence electrons. The number of carbonyl (C=O) groups is 1. The van der Waals surface area contributed by atoms with Gasteiger partial charge in [-0.05, 0) is 42.0 Å². The Labute approximate surface area is 151 Å². The van der Waals surface area contributed by atoms with Crippen LogP contribution in [0.2, 0.25) is 10.0 Å². The van der Waals surface area contributed by atoms with Gasteiger partial charge in [-0.1, -0.05) is 29.3 Å². The fourth-order valence-corrected chi connectivity index (χ4v) is 3.18. The zero-order valence-electron chi connectivity index (χ0n) is 13.1. The summed E-state index contributed by atoms with van der Waals surface area (Å²) in [6, 6.07) is 13.0. The van der Waals surface area contributed by atoms with Crippen molar-refractivity contribution in [1.82, 2.24) is 0 Å². The van der Waals surface area contributed by atoms with Gasteiger partial charge in [-0.3, -0.25) is 4.79 Å². The minimum absolute atomic E-state index is 0.143. The minimum atomic E-state index is -0.149. The molecule has 2 aromatic carbocycles. The first-order valence-electron chi connectivity index (χ1n) is 7.79. The van der Waals surface area contributed by atoms with Crippen molar-refractivity contribution in [3.05, 3.63) is 58.1 Å². The van der Waals surface area contributed by atoms with Gasteiger partial charge in [0.25, 0.3) is 0 Å². The van der Waals surface area contributed by atoms with Gasteiger partial charge in [0.1, 0.15) is 0 Å². The predicted molar refractivity (Wildman–Crippen MR) is 98.3 cm³/mol. The molecular formula is C18H18Cl2N2O2. The van der Waals surface area contributed by atoms with Crippen molar-refractivity contribution in [3.63, 3.8) is 0 Å². The number of carbonyl (C=O) groups excluding carboxylic acids is 1. The molecular weight excluding hydrogens is 347 g/mol. The molecule has 1 aliphatic rings. The number of rotatable bonds is 4. The number of nitrogens with zero attached hydrogens (tertiary/aromatic N) is 1. The van der Waals surface area contributed by atoms with Crippen molar-refractivity contribution in [2.45, 2.75) is 6.42 Å². The van der Waals surface area contributed by atoms with Gasteiger partial charge in [0, 0.05) is 34.5 Å². The SMILES string of the molecule is O=C(Cc1c(Cl)cccc1Cl)Nc1ccc(N2CCOCC2)cc1. The largest absolute Gasteiger partial charge is 0.378 e. The summed E-state index contributed by atoms with van der Waals surface area (Å²) < 4.78 is 5.35. The van der Waals surface area contributed by atoms with Gasteiger partial charge < -0.3 is 15.0 Å². The summed E-state index contributed by atoms with van der Waals surface area (Å²) in [5, 5.41) is 3.88. The molecule has 1 N–H and O–H groups in total. The highest BCUT2D eigenvalue weighted by Gasteiger charge is 2.13. The van der Waals surface area contributed by atoms with Crippen LogP contribution in [-0.4, -0.2) is 32.2 Å². The van der Waals surface area contributed by atoms with Gasteiger partial charge in [0.15, 0.2) is 0 Å². The number of halogens is 2. The second-order valence-corrected chi connectivity index (χ2v) is 6.39. The zero-order chi connectivity index (χ0) is 16.9. The maximum absolute atomic E-state index is 12.2. The monoisotopic (exact) mass is 364 g/mol. The molecule has 3 rings (SSSR count). The topological polar surface area (TPSA) is 41.6 Å². The number of hydrogen-bond acceptors (Lipinski definition) is 3. The van der Waals surface area contributed by atoms with Crippen molar-refractivity contribution >= 4 is 40.5 Å². The molecule has 0 saturated carbocycles. The number of anilines is 2. The molecule has 4 nitrogen and oxygen atoms in total. The van der Waals surface area contributed by atoms with Crippen molar-refractivity contribution in [2.75, 3.05) is 36.5 Å². The lowest BCUT2D eigenvalue weighted by molar-refractivity contribution is -0.115. The van der Waals surface area contributed by atoms with Crippen LogP contribution in [0.15, 0.2) is 42.5 Å². The lowest BCUT2D eigenvalue weighted by Gasteiger charge is -2.28. The van der Waals surface area contributed by atoms with E-state index in [2.05, 4.69) is 10.2 Å². The smallest absolute Gasteiger partial charge is 0.228 e. The summed E-state index contributed by atoms with van der Waals surface area (Å²) in [6.45, 7) is 3.27. The van der Waals surface area contributed by atoms with Crippen LogP contribution in [0, 0.1) is 0 Å². The van der Waals surface area contributed by atoms with Gasteiger partial charge in [0.2, 0.25) is 5.91 Å². The first-order chi connectivity index (χ1) is 11.6. The van der Waals surface area contributed by atoms with Gasteiger partial charge in [-0.15, -0.1) is 0 Å². The van der Waals surface area contributed by atoms with E-state index in [9.17, 15) is 4.79 Å². The normalized spacial score (nSPS) is 14.5. The second kappa shape index (κ2) is 7.88. The summed E-state index contributed by atoms with van der Waals surface area (Å²) in [6.07, 6.45) is 0.143. The van der Waals surface area contributed by atoms with Gasteiger partial charge in [-0.2, -0.15) is 0 Å². The lowest BCUT2D eigenvalue weighted by Crippen LogP contribution is -2.36. The van der Waals surface area contributed by atoms with Crippen molar-refractivity contribution in [3.8, 4) is 0 Å². The Bertz CT molecular complexity index is 693. The van der Waals surface area contributed by atoms with Crippen LogP contribution in [0.25, 0.3) is 0 Å². The van der Waals surface area contributed by atoms with Gasteiger partial charge in [0.05, 0.1) is 19.6 Å². The third kappa shape index (κ3) is 4.20. The van der Waals surface area contributed by atoms with Crippen molar-refractivity contribution in [1.29, 1.82) is 0 Å². The predicted octanol–water partition coefficient (Wildman–Crippen LogP) is 4.01. The molecule has 0 spiro atoms. The van der Waals surface area contributed by atoms with Crippen molar-refractivity contribution in [2.24, 2.45) is 0 Å². The molecule has 1 fully saturated rings. The van der Waals surface area contributed by atoms with E-state index in [0.717, 1.165) is 37.7 Å². The Kier molecular flexibility index (Phi) is 5.61. The van der Waals surface area contributed by atoms with Gasteiger partial charge >= 0.3 is 0 Å².